The Kier molecular flexibility index (Phi) is 6.40. The molecule has 0 aliphatic rings. The number of nitrogens with zero attached hydrogens (tertiary/aromatic N) is 4. The first-order chi connectivity index (χ1) is 14.2. The minimum absolute atomic E-state index is 0.0507. The second kappa shape index (κ2) is 8.82. The van der Waals surface area contributed by atoms with E-state index in [9.17, 15) is 26.7 Å². The van der Waals surface area contributed by atoms with Crippen molar-refractivity contribution in [3.8, 4) is 0 Å². The van der Waals surface area contributed by atoms with Crippen molar-refractivity contribution in [2.45, 2.75) is 32.4 Å². The molecule has 0 bridgehead atoms. The van der Waals surface area contributed by atoms with Gasteiger partial charge in [0.25, 0.3) is 12.9 Å². The number of carbonyl (C=O) groups is 1. The maximum Gasteiger partial charge on any atom is 0.282 e. The first-order valence-electron chi connectivity index (χ1n) is 8.59. The predicted octanol–water partition coefficient (Wildman–Crippen LogP) is 5.00. The number of rotatable bonds is 7. The number of halogens is 6. The molecule has 1 N–H and O–H groups in total. The third-order valence-corrected chi connectivity index (χ3v) is 4.45. The molecule has 12 heteroatoms. The molecule has 160 valence electrons. The topological polar surface area (TPSA) is 64.7 Å². The number of benzene rings is 1. The van der Waals surface area contributed by atoms with Crippen LogP contribution in [0.15, 0.2) is 36.5 Å². The second-order valence-electron chi connectivity index (χ2n) is 6.36. The van der Waals surface area contributed by atoms with Crippen LogP contribution in [0, 0.1) is 5.82 Å². The molecule has 30 heavy (non-hydrogen) atoms. The molecule has 0 aliphatic carbocycles. The van der Waals surface area contributed by atoms with Crippen LogP contribution in [0.25, 0.3) is 0 Å². The molecule has 0 saturated carbocycles. The zero-order valence-corrected chi connectivity index (χ0v) is 16.1. The molecule has 1 amide bonds. The van der Waals surface area contributed by atoms with E-state index in [1.807, 2.05) is 0 Å². The standard InChI is InChI=1S/C18H15ClF5N5O/c1-9(29-14(16(23)24)6-13(26-29)15(21)22)18(30)25-17-12(19)8-28(27-17)7-10-3-2-4-11(20)5-10/h2-6,8-9,15-16H,7H2,1H3,(H,25,27,30). The SMILES string of the molecule is CC(C(=O)Nc1nn(Cc2cccc(F)c2)cc1Cl)n1nc(C(F)F)cc1C(F)F. The van der Waals surface area contributed by atoms with Gasteiger partial charge in [-0.2, -0.15) is 10.2 Å². The molecule has 0 aliphatic heterocycles. The zero-order chi connectivity index (χ0) is 22.0. The van der Waals surface area contributed by atoms with E-state index in [0.717, 1.165) is 0 Å². The van der Waals surface area contributed by atoms with Gasteiger partial charge in [0.05, 0.1) is 6.54 Å². The van der Waals surface area contributed by atoms with Gasteiger partial charge in [0, 0.05) is 6.20 Å². The van der Waals surface area contributed by atoms with Crippen molar-refractivity contribution >= 4 is 23.3 Å². The number of carbonyl (C=O) groups excluding carboxylic acids is 1. The maximum atomic E-state index is 13.3. The number of nitrogens with one attached hydrogen (secondary N) is 1. The summed E-state index contributed by atoms with van der Waals surface area (Å²) >= 11 is 6.05. The molecular formula is C18H15ClF5N5O. The lowest BCUT2D eigenvalue weighted by Crippen LogP contribution is -2.26. The van der Waals surface area contributed by atoms with Crippen molar-refractivity contribution in [2.24, 2.45) is 0 Å². The van der Waals surface area contributed by atoms with Crippen LogP contribution in [0.3, 0.4) is 0 Å². The van der Waals surface area contributed by atoms with E-state index in [0.29, 0.717) is 16.3 Å². The van der Waals surface area contributed by atoms with Crippen LogP contribution < -0.4 is 5.32 Å². The van der Waals surface area contributed by atoms with E-state index >= 15 is 0 Å². The average Bonchev–Trinajstić information content (AvgIpc) is 3.25. The summed E-state index contributed by atoms with van der Waals surface area (Å²) in [7, 11) is 0. The summed E-state index contributed by atoms with van der Waals surface area (Å²) in [6.07, 6.45) is -4.78. The van der Waals surface area contributed by atoms with Crippen LogP contribution in [0.5, 0.6) is 0 Å². The third kappa shape index (κ3) is 4.78. The van der Waals surface area contributed by atoms with Crippen LogP contribution >= 0.6 is 11.6 Å². The Morgan fingerprint density at radius 1 is 1.17 bits per heavy atom. The molecule has 0 spiro atoms. The Hall–Kier alpha value is -2.95. The lowest BCUT2D eigenvalue weighted by atomic mass is 10.2. The van der Waals surface area contributed by atoms with Crippen LogP contribution in [0.2, 0.25) is 5.02 Å². The molecule has 6 nitrogen and oxygen atoms in total. The van der Waals surface area contributed by atoms with Gasteiger partial charge in [-0.05, 0) is 30.7 Å². The second-order valence-corrected chi connectivity index (χ2v) is 6.77. The van der Waals surface area contributed by atoms with Gasteiger partial charge in [0.15, 0.2) is 5.82 Å². The van der Waals surface area contributed by atoms with Crippen molar-refractivity contribution in [1.82, 2.24) is 19.6 Å². The van der Waals surface area contributed by atoms with Crippen LogP contribution in [0.4, 0.5) is 27.8 Å². The molecule has 3 aromatic rings. The minimum Gasteiger partial charge on any atom is -0.306 e. The molecule has 1 atom stereocenters. The summed E-state index contributed by atoms with van der Waals surface area (Å²) in [5.41, 5.74) is -1.07. The number of amides is 1. The van der Waals surface area contributed by atoms with E-state index in [-0.39, 0.29) is 17.4 Å². The average molecular weight is 448 g/mol. The number of anilines is 1. The fourth-order valence-electron chi connectivity index (χ4n) is 2.73. The highest BCUT2D eigenvalue weighted by molar-refractivity contribution is 6.33. The van der Waals surface area contributed by atoms with Gasteiger partial charge in [0.1, 0.15) is 28.3 Å². The fourth-order valence-corrected chi connectivity index (χ4v) is 2.92. The number of hydrogen-bond acceptors (Lipinski definition) is 3. The number of aromatic nitrogens is 4. The monoisotopic (exact) mass is 447 g/mol. The molecule has 0 saturated heterocycles. The van der Waals surface area contributed by atoms with Gasteiger partial charge in [-0.25, -0.2) is 22.0 Å². The third-order valence-electron chi connectivity index (χ3n) is 4.17. The minimum atomic E-state index is -3.10. The molecule has 2 heterocycles. The van der Waals surface area contributed by atoms with Crippen molar-refractivity contribution in [3.05, 3.63) is 64.3 Å². The first kappa shape index (κ1) is 21.8. The van der Waals surface area contributed by atoms with Gasteiger partial charge in [-0.1, -0.05) is 23.7 Å². The molecule has 1 aromatic carbocycles. The van der Waals surface area contributed by atoms with Crippen LogP contribution in [-0.4, -0.2) is 25.5 Å². The van der Waals surface area contributed by atoms with Gasteiger partial charge < -0.3 is 5.32 Å². The molecule has 1 unspecified atom stereocenters. The van der Waals surface area contributed by atoms with Crippen molar-refractivity contribution in [1.29, 1.82) is 0 Å². The van der Waals surface area contributed by atoms with Crippen molar-refractivity contribution in [2.75, 3.05) is 5.32 Å². The lowest BCUT2D eigenvalue weighted by Gasteiger charge is -2.14. The Morgan fingerprint density at radius 3 is 2.53 bits per heavy atom. The smallest absolute Gasteiger partial charge is 0.282 e. The van der Waals surface area contributed by atoms with E-state index in [1.54, 1.807) is 6.07 Å². The van der Waals surface area contributed by atoms with Gasteiger partial charge in [-0.15, -0.1) is 0 Å². The number of hydrogen-bond donors (Lipinski definition) is 1. The Labute approximate surface area is 172 Å². The van der Waals surface area contributed by atoms with E-state index in [4.69, 9.17) is 11.6 Å². The van der Waals surface area contributed by atoms with Crippen molar-refractivity contribution < 1.29 is 26.7 Å². The largest absolute Gasteiger partial charge is 0.306 e. The summed E-state index contributed by atoms with van der Waals surface area (Å²) in [4.78, 5) is 12.5. The number of alkyl halides is 4. The van der Waals surface area contributed by atoms with Gasteiger partial charge in [0.2, 0.25) is 5.91 Å². The predicted molar refractivity (Wildman–Crippen MR) is 98.2 cm³/mol. The summed E-state index contributed by atoms with van der Waals surface area (Å²) in [5, 5.41) is 9.90. The molecular weight excluding hydrogens is 433 g/mol. The highest BCUT2D eigenvalue weighted by Crippen LogP contribution is 2.28. The Bertz CT molecular complexity index is 1050. The quantitative estimate of drug-likeness (QED) is 0.519. The molecule has 0 radical (unpaired) electrons. The molecule has 0 fully saturated rings. The summed E-state index contributed by atoms with van der Waals surface area (Å²) in [6.45, 7) is 1.39. The highest BCUT2D eigenvalue weighted by atomic mass is 35.5. The fraction of sp³-hybridized carbons (Fsp3) is 0.278. The maximum absolute atomic E-state index is 13.3. The normalized spacial score (nSPS) is 12.6. The van der Waals surface area contributed by atoms with E-state index in [1.165, 1.54) is 36.0 Å². The van der Waals surface area contributed by atoms with Crippen molar-refractivity contribution in [3.63, 3.8) is 0 Å². The zero-order valence-electron chi connectivity index (χ0n) is 15.4. The summed E-state index contributed by atoms with van der Waals surface area (Å²) < 4.78 is 67.1. The summed E-state index contributed by atoms with van der Waals surface area (Å²) in [6, 6.07) is 5.00. The Balaban J connectivity index is 1.77. The first-order valence-corrected chi connectivity index (χ1v) is 8.97. The summed E-state index contributed by atoms with van der Waals surface area (Å²) in [5.74, 6) is -1.33. The van der Waals surface area contributed by atoms with Gasteiger partial charge >= 0.3 is 0 Å². The van der Waals surface area contributed by atoms with Crippen LogP contribution in [0.1, 0.15) is 42.8 Å². The van der Waals surface area contributed by atoms with Gasteiger partial charge in [-0.3, -0.25) is 14.2 Å². The molecule has 3 rings (SSSR count). The van der Waals surface area contributed by atoms with E-state index < -0.39 is 42.0 Å². The highest BCUT2D eigenvalue weighted by Gasteiger charge is 2.27. The Morgan fingerprint density at radius 2 is 1.90 bits per heavy atom. The van der Waals surface area contributed by atoms with E-state index in [2.05, 4.69) is 15.5 Å². The molecule has 2 aromatic heterocycles. The van der Waals surface area contributed by atoms with Crippen LogP contribution in [-0.2, 0) is 11.3 Å². The lowest BCUT2D eigenvalue weighted by molar-refractivity contribution is -0.119.